The summed E-state index contributed by atoms with van der Waals surface area (Å²) in [6.45, 7) is 2.24. The third-order valence-electron chi connectivity index (χ3n) is 17.0. The van der Waals surface area contributed by atoms with Crippen LogP contribution in [0.1, 0.15) is 6.92 Å². The number of carboxylic acids is 4. The van der Waals surface area contributed by atoms with Crippen molar-refractivity contribution < 1.29 is 138 Å². The van der Waals surface area contributed by atoms with Crippen LogP contribution in [0.5, 0.6) is 34.5 Å². The molecule has 12 N–H and O–H groups in total. The number of sulfonamides is 4. The Morgan fingerprint density at radius 3 is 1.32 bits per heavy atom. The van der Waals surface area contributed by atoms with E-state index in [2.05, 4.69) is 28.6 Å². The van der Waals surface area contributed by atoms with E-state index in [1.165, 1.54) is 97.1 Å². The molecule has 0 saturated carbocycles. The van der Waals surface area contributed by atoms with Crippen molar-refractivity contribution in [1.29, 1.82) is 0 Å². The van der Waals surface area contributed by atoms with Crippen molar-refractivity contribution in [1.82, 2.24) is 4.98 Å². The fourth-order valence-electron chi connectivity index (χ4n) is 11.6. The average molecular weight is 1920 g/mol. The number of carboxylic acid groups (broad SMARTS) is 4. The predicted molar refractivity (Wildman–Crippen MR) is 458 cm³/mol. The van der Waals surface area contributed by atoms with Crippen LogP contribution in [0.2, 0.25) is 5.02 Å². The maximum Gasteiger partial charge on any atom is 0.573 e. The molecule has 652 valence electrons. The van der Waals surface area contributed by atoms with E-state index in [-0.39, 0.29) is 134 Å². The highest BCUT2D eigenvalue weighted by atomic mass is 35.5. The third-order valence-corrected chi connectivity index (χ3v) is 28.3. The van der Waals surface area contributed by atoms with Gasteiger partial charge < -0.3 is 50.3 Å². The number of aliphatic carboxylic acids is 4. The number of aromatic hydroxyl groups is 4. The molecule has 0 aliphatic rings. The molecule has 14 aromatic rings. The Hall–Kier alpha value is -12.1. The van der Waals surface area contributed by atoms with Crippen molar-refractivity contribution in [3.05, 3.63) is 234 Å². The van der Waals surface area contributed by atoms with E-state index in [1.54, 1.807) is 31.2 Å². The van der Waals surface area contributed by atoms with Gasteiger partial charge in [-0.1, -0.05) is 35.9 Å². The Labute approximate surface area is 727 Å². The van der Waals surface area contributed by atoms with Gasteiger partial charge in [-0.15, -0.1) is 71.6 Å². The molecule has 0 radical (unpaired) electrons. The Kier molecular flexibility index (Phi) is 29.2. The summed E-state index contributed by atoms with van der Waals surface area (Å²) in [6.07, 6.45) is -4.13. The minimum absolute atomic E-state index is 0.0136. The maximum atomic E-state index is 13.9. The molecule has 0 aliphatic carbocycles. The van der Waals surface area contributed by atoms with E-state index in [1.807, 2.05) is 0 Å². The lowest BCUT2D eigenvalue weighted by Crippen LogP contribution is -2.18. The zero-order chi connectivity index (χ0) is 90.9. The molecule has 0 spiro atoms. The first-order valence-corrected chi connectivity index (χ1v) is 46.0. The number of pyridine rings is 1. The van der Waals surface area contributed by atoms with E-state index in [4.69, 9.17) is 36.8 Å². The number of ether oxygens (including phenoxy) is 2. The number of nitrogens with zero attached hydrogens (tertiary/aromatic N) is 1. The average Bonchev–Trinajstić information content (AvgIpc) is 1.76. The number of fused-ring (bicyclic) bond motifs is 6. The lowest BCUT2D eigenvalue weighted by molar-refractivity contribution is -0.274. The second-order valence-corrected chi connectivity index (χ2v) is 38.2. The lowest BCUT2D eigenvalue weighted by Gasteiger charge is -2.15. The monoisotopic (exact) mass is 1920 g/mol. The van der Waals surface area contributed by atoms with Crippen LogP contribution in [0.25, 0.3) is 64.1 Å². The largest absolute Gasteiger partial charge is 0.573 e. The fourth-order valence-corrected chi connectivity index (χ4v) is 20.5. The summed E-state index contributed by atoms with van der Waals surface area (Å²) in [6, 6.07) is 40.4. The number of thioether (sulfide) groups is 4. The zero-order valence-corrected chi connectivity index (χ0v) is 71.0. The van der Waals surface area contributed by atoms with Gasteiger partial charge >= 0.3 is 30.2 Å². The van der Waals surface area contributed by atoms with Gasteiger partial charge in [0.15, 0.2) is 0 Å². The van der Waals surface area contributed by atoms with Crippen molar-refractivity contribution in [2.24, 2.45) is 0 Å². The maximum absolute atomic E-state index is 13.9. The second kappa shape index (κ2) is 39.0. The summed E-state index contributed by atoms with van der Waals surface area (Å²) >= 11 is 9.90. The Morgan fingerprint density at radius 2 is 0.808 bits per heavy atom. The fraction of sp³-hybridized carbons (Fsp3) is 0.0875. The molecule has 2 heterocycles. The SMILES string of the molecule is CCOc1ccc(S(=O)(=O)Nc2cc(SCC(=O)O)c(O)c3ccc(F)cc23)cc1.O=C(O)CSc1cc(NS(=O)(=O)c2cc3ccc(F)cc3s2)c2cc(F)ccc2c1O.O=C(O)CSc1cc(NS(=O)(=O)c2ccc3cc(Cl)ccc3c2)c2ncc(F)cc2c1O.O=C(O)CSc1cc(NS(=O)(=O)c2cccc(OC(F)(F)F)c2)c2ccc(F)cc2c1O. The van der Waals surface area contributed by atoms with E-state index in [0.717, 1.165) is 125 Å². The highest BCUT2D eigenvalue weighted by Gasteiger charge is 2.33. The smallest absolute Gasteiger partial charge is 0.506 e. The minimum Gasteiger partial charge on any atom is -0.506 e. The number of hydrogen-bond acceptors (Lipinski definition) is 24. The van der Waals surface area contributed by atoms with Crippen molar-refractivity contribution >= 4 is 221 Å². The molecule has 0 atom stereocenters. The highest BCUT2D eigenvalue weighted by Crippen LogP contribution is 2.46. The molecule has 14 rings (SSSR count). The van der Waals surface area contributed by atoms with Crippen LogP contribution in [0.15, 0.2) is 239 Å². The van der Waals surface area contributed by atoms with Crippen molar-refractivity contribution in [3.8, 4) is 34.5 Å². The van der Waals surface area contributed by atoms with Gasteiger partial charge in [-0.3, -0.25) is 43.1 Å². The summed E-state index contributed by atoms with van der Waals surface area (Å²) in [5, 5.41) is 80.4. The number of benzene rings is 12. The van der Waals surface area contributed by atoms with E-state index in [9.17, 15) is 108 Å². The van der Waals surface area contributed by atoms with Gasteiger partial charge in [0.2, 0.25) is 0 Å². The van der Waals surface area contributed by atoms with Gasteiger partial charge in [0, 0.05) is 53.5 Å². The van der Waals surface area contributed by atoms with Crippen LogP contribution in [0.3, 0.4) is 0 Å². The highest BCUT2D eigenvalue weighted by molar-refractivity contribution is 8.01. The first-order chi connectivity index (χ1) is 58.8. The van der Waals surface area contributed by atoms with Gasteiger partial charge in [-0.05, 0) is 187 Å². The van der Waals surface area contributed by atoms with Crippen LogP contribution in [0, 0.1) is 29.1 Å². The number of rotatable bonds is 27. The summed E-state index contributed by atoms with van der Waals surface area (Å²) in [5.41, 5.74) is -0.164. The molecule has 0 aliphatic heterocycles. The van der Waals surface area contributed by atoms with Crippen molar-refractivity contribution in [3.63, 3.8) is 0 Å². The normalized spacial score (nSPS) is 11.7. The quantitative estimate of drug-likeness (QED) is 0.0129. The number of alkyl halides is 3. The first kappa shape index (κ1) is 93.6. The van der Waals surface area contributed by atoms with Gasteiger partial charge in [0.1, 0.15) is 67.8 Å². The molecule has 45 heteroatoms. The Bertz CT molecular complexity index is 7120. The number of phenolic OH excluding ortho intramolecular Hbond substituents is 4. The molecule has 0 amide bonds. The standard InChI is InChI=1S/C21H14ClFN2O5S2.C20H13F2NO5S3.C20H18FNO6S2.C19H13F4NO6S2/c22-13-3-1-12-6-15(4-2-11(12)5-13)32(29,30)25-17-8-18(31-10-19(26)27)21(28)16-7-14(23)9-24-20(16)17;21-11-3-4-13-14(6-11)15(8-17(20(13)26)29-9-18(24)25)23-31(27,28)19-5-10-1-2-12(22)7-16(10)30-19;1-2-28-13-4-6-14(7-5-13)30(26,27)22-17-10-18(29-11-19(23)24)20(25)15-8-3-12(21)9-16(15)17;20-10-4-5-13-14(6-10)18(27)16(31-9-17(25)26)8-15(13)24-32(28,29)12-3-1-2-11(7-12)30-19(21,22)23/h1-9,25,28H,10H2,(H,26,27);1-8,23,26H,9H2,(H,24,25);3-10,22,25H,2,11H2,1H3,(H,23,24);1-8,24,27H,9H2,(H,25,26). The summed E-state index contributed by atoms with van der Waals surface area (Å²) in [4.78, 5) is 47.2. The number of thiophene rings is 1. The zero-order valence-electron chi connectivity index (χ0n) is 62.9. The van der Waals surface area contributed by atoms with Gasteiger partial charge in [0.05, 0.1) is 98.3 Å². The van der Waals surface area contributed by atoms with Gasteiger partial charge in [0.25, 0.3) is 40.1 Å². The lowest BCUT2D eigenvalue weighted by atomic mass is 10.1. The minimum atomic E-state index is -5.02. The summed E-state index contributed by atoms with van der Waals surface area (Å²) in [5.74, 6) is -11.0. The summed E-state index contributed by atoms with van der Waals surface area (Å²) in [7, 11) is -16.7. The van der Waals surface area contributed by atoms with Crippen LogP contribution in [-0.2, 0) is 59.3 Å². The molecule has 125 heavy (non-hydrogen) atoms. The molecular formula is C80H58ClF8N5O22S9. The van der Waals surface area contributed by atoms with Crippen LogP contribution in [0.4, 0.5) is 57.9 Å². The number of carbonyl (C=O) groups is 4. The third kappa shape index (κ3) is 23.7. The van der Waals surface area contributed by atoms with E-state index in [0.29, 0.717) is 50.7 Å². The van der Waals surface area contributed by atoms with Crippen molar-refractivity contribution in [2.75, 3.05) is 48.5 Å². The Morgan fingerprint density at radius 1 is 0.408 bits per heavy atom. The molecule has 12 aromatic carbocycles. The van der Waals surface area contributed by atoms with Crippen molar-refractivity contribution in [2.45, 2.75) is 51.8 Å². The van der Waals surface area contributed by atoms with Crippen LogP contribution >= 0.6 is 70.0 Å². The number of aromatic nitrogens is 1. The number of halogens is 9. The molecule has 2 aromatic heterocycles. The second-order valence-electron chi connectivity index (χ2n) is 25.7. The predicted octanol–water partition coefficient (Wildman–Crippen LogP) is 18.5. The first-order valence-electron chi connectivity index (χ1n) is 35.0. The molecule has 0 unspecified atom stereocenters. The topological polar surface area (TPSA) is 446 Å². The van der Waals surface area contributed by atoms with Gasteiger partial charge in [-0.25, -0.2) is 55.6 Å². The molecule has 0 fully saturated rings. The van der Waals surface area contributed by atoms with Crippen LogP contribution < -0.4 is 28.4 Å². The van der Waals surface area contributed by atoms with E-state index >= 15 is 0 Å². The summed E-state index contributed by atoms with van der Waals surface area (Å²) < 4.78 is 228. The number of hydrogen-bond donors (Lipinski definition) is 12. The number of phenols is 4. The van der Waals surface area contributed by atoms with Gasteiger partial charge in [-0.2, -0.15) is 0 Å². The molecule has 0 saturated heterocycles. The number of anilines is 4. The number of nitrogens with one attached hydrogen (secondary N) is 4. The van der Waals surface area contributed by atoms with E-state index < -0.39 is 122 Å². The Balaban J connectivity index is 0.000000162. The molecule has 27 nitrogen and oxygen atoms in total. The molecule has 0 bridgehead atoms. The van der Waals surface area contributed by atoms with Crippen LogP contribution in [-0.4, -0.2) is 139 Å². The molecular weight excluding hydrogens is 1860 g/mol.